The summed E-state index contributed by atoms with van der Waals surface area (Å²) in [6, 6.07) is 4.47. The van der Waals surface area contributed by atoms with Crippen molar-refractivity contribution in [3.05, 3.63) is 23.8 Å². The van der Waals surface area contributed by atoms with Gasteiger partial charge in [0.25, 0.3) is 5.91 Å². The van der Waals surface area contributed by atoms with Gasteiger partial charge < -0.3 is 10.1 Å². The van der Waals surface area contributed by atoms with Gasteiger partial charge in [-0.05, 0) is 58.2 Å². The van der Waals surface area contributed by atoms with Gasteiger partial charge in [-0.1, -0.05) is 26.7 Å². The van der Waals surface area contributed by atoms with E-state index in [4.69, 9.17) is 4.74 Å². The minimum atomic E-state index is -3.82. The van der Waals surface area contributed by atoms with E-state index in [1.54, 1.807) is 26.8 Å². The lowest BCUT2D eigenvalue weighted by Gasteiger charge is -2.21. The molecule has 0 aliphatic carbocycles. The monoisotopic (exact) mass is 398 g/mol. The van der Waals surface area contributed by atoms with Gasteiger partial charge in [0, 0.05) is 17.1 Å². The number of amides is 1. The van der Waals surface area contributed by atoms with Gasteiger partial charge in [-0.15, -0.1) is 0 Å². The van der Waals surface area contributed by atoms with Gasteiger partial charge in [-0.25, -0.2) is 13.1 Å². The molecule has 154 valence electrons. The maximum atomic E-state index is 12.7. The van der Waals surface area contributed by atoms with Gasteiger partial charge in [0.1, 0.15) is 10.6 Å². The van der Waals surface area contributed by atoms with E-state index in [1.807, 2.05) is 6.92 Å². The molecule has 1 aromatic rings. The van der Waals surface area contributed by atoms with Gasteiger partial charge in [0.2, 0.25) is 10.0 Å². The van der Waals surface area contributed by atoms with E-state index in [2.05, 4.69) is 23.9 Å². The number of sulfonamides is 1. The van der Waals surface area contributed by atoms with Crippen molar-refractivity contribution in [2.75, 3.05) is 7.11 Å². The highest BCUT2D eigenvalue weighted by molar-refractivity contribution is 7.89. The SMILES string of the molecule is COc1ccc(C(=O)NC(C)CCCC(C)C)cc1S(=O)(=O)NC(C)(C)C. The Labute approximate surface area is 164 Å². The van der Waals surface area contributed by atoms with Gasteiger partial charge in [0.15, 0.2) is 0 Å². The molecule has 7 heteroatoms. The van der Waals surface area contributed by atoms with E-state index < -0.39 is 15.6 Å². The molecular weight excluding hydrogens is 364 g/mol. The van der Waals surface area contributed by atoms with Crippen molar-refractivity contribution in [2.24, 2.45) is 5.92 Å². The standard InChI is InChI=1S/C20H34N2O4S/c1-14(2)9-8-10-15(3)21-19(23)16-11-12-17(26-7)18(13-16)27(24,25)22-20(4,5)6/h11-15,22H,8-10H2,1-7H3,(H,21,23). The maximum Gasteiger partial charge on any atom is 0.251 e. The average molecular weight is 399 g/mol. The normalized spacial score (nSPS) is 13.5. The lowest BCUT2D eigenvalue weighted by atomic mass is 10.0. The summed E-state index contributed by atoms with van der Waals surface area (Å²) < 4.78 is 33.2. The number of ether oxygens (including phenoxy) is 1. The summed E-state index contributed by atoms with van der Waals surface area (Å²) in [5.41, 5.74) is -0.353. The molecule has 1 aromatic carbocycles. The number of methoxy groups -OCH3 is 1. The Morgan fingerprint density at radius 3 is 2.30 bits per heavy atom. The van der Waals surface area contributed by atoms with E-state index in [1.165, 1.54) is 19.2 Å². The topological polar surface area (TPSA) is 84.5 Å². The molecule has 0 spiro atoms. The molecule has 27 heavy (non-hydrogen) atoms. The number of benzene rings is 1. The molecule has 0 saturated heterocycles. The molecular formula is C20H34N2O4S. The minimum Gasteiger partial charge on any atom is -0.495 e. The molecule has 0 heterocycles. The molecule has 1 unspecified atom stereocenters. The number of hydrogen-bond donors (Lipinski definition) is 2. The summed E-state index contributed by atoms with van der Waals surface area (Å²) in [5.74, 6) is 0.549. The molecule has 0 saturated carbocycles. The predicted molar refractivity (Wildman–Crippen MR) is 109 cm³/mol. The van der Waals surface area contributed by atoms with Crippen LogP contribution in [0.1, 0.15) is 71.2 Å². The number of carbonyl (C=O) groups is 1. The smallest absolute Gasteiger partial charge is 0.251 e. The maximum absolute atomic E-state index is 12.7. The Morgan fingerprint density at radius 2 is 1.78 bits per heavy atom. The van der Waals surface area contributed by atoms with Gasteiger partial charge in [-0.2, -0.15) is 0 Å². The highest BCUT2D eigenvalue weighted by atomic mass is 32.2. The Kier molecular flexibility index (Phi) is 8.29. The highest BCUT2D eigenvalue weighted by Crippen LogP contribution is 2.26. The van der Waals surface area contributed by atoms with E-state index in [-0.39, 0.29) is 22.6 Å². The summed E-state index contributed by atoms with van der Waals surface area (Å²) in [4.78, 5) is 12.5. The molecule has 0 radical (unpaired) electrons. The van der Waals surface area contributed by atoms with Crippen molar-refractivity contribution in [1.29, 1.82) is 0 Å². The second kappa shape index (κ2) is 9.55. The van der Waals surface area contributed by atoms with Crippen LogP contribution in [0.4, 0.5) is 0 Å². The highest BCUT2D eigenvalue weighted by Gasteiger charge is 2.26. The molecule has 0 fully saturated rings. The third kappa shape index (κ3) is 7.89. The average Bonchev–Trinajstić information content (AvgIpc) is 2.51. The fraction of sp³-hybridized carbons (Fsp3) is 0.650. The van der Waals surface area contributed by atoms with Gasteiger partial charge >= 0.3 is 0 Å². The first-order valence-electron chi connectivity index (χ1n) is 9.38. The van der Waals surface area contributed by atoms with Crippen molar-refractivity contribution < 1.29 is 17.9 Å². The molecule has 0 bridgehead atoms. The number of nitrogens with one attached hydrogen (secondary N) is 2. The van der Waals surface area contributed by atoms with E-state index in [9.17, 15) is 13.2 Å². The van der Waals surface area contributed by atoms with Crippen LogP contribution in [-0.4, -0.2) is 33.0 Å². The molecule has 0 aliphatic heterocycles. The fourth-order valence-corrected chi connectivity index (χ4v) is 4.31. The predicted octanol–water partition coefficient (Wildman–Crippen LogP) is 3.72. The van der Waals surface area contributed by atoms with E-state index in [0.29, 0.717) is 11.5 Å². The molecule has 1 atom stereocenters. The van der Waals surface area contributed by atoms with Crippen molar-refractivity contribution in [3.8, 4) is 5.75 Å². The first-order valence-corrected chi connectivity index (χ1v) is 10.9. The summed E-state index contributed by atoms with van der Waals surface area (Å²) >= 11 is 0. The van der Waals surface area contributed by atoms with E-state index in [0.717, 1.165) is 19.3 Å². The number of carbonyl (C=O) groups excluding carboxylic acids is 1. The molecule has 0 aliphatic rings. The Hall–Kier alpha value is -1.60. The zero-order valence-corrected chi connectivity index (χ0v) is 18.4. The van der Waals surface area contributed by atoms with Gasteiger partial charge in [-0.3, -0.25) is 4.79 Å². The quantitative estimate of drug-likeness (QED) is 0.664. The minimum absolute atomic E-state index is 0.0195. The van der Waals surface area contributed by atoms with Crippen molar-refractivity contribution in [2.45, 2.75) is 77.3 Å². The summed E-state index contributed by atoms with van der Waals surface area (Å²) in [7, 11) is -2.42. The Balaban J connectivity index is 2.99. The molecule has 6 nitrogen and oxygen atoms in total. The Morgan fingerprint density at radius 1 is 1.15 bits per heavy atom. The van der Waals surface area contributed by atoms with Crippen LogP contribution in [0, 0.1) is 5.92 Å². The lowest BCUT2D eigenvalue weighted by molar-refractivity contribution is 0.0937. The Bertz CT molecular complexity index is 737. The van der Waals surface area contributed by atoms with Crippen LogP contribution < -0.4 is 14.8 Å². The van der Waals surface area contributed by atoms with Crippen LogP contribution in [0.25, 0.3) is 0 Å². The first kappa shape index (κ1) is 23.4. The largest absolute Gasteiger partial charge is 0.495 e. The lowest BCUT2D eigenvalue weighted by Crippen LogP contribution is -2.40. The second-order valence-electron chi connectivity index (χ2n) is 8.42. The van der Waals surface area contributed by atoms with Crippen molar-refractivity contribution >= 4 is 15.9 Å². The van der Waals surface area contributed by atoms with E-state index >= 15 is 0 Å². The number of rotatable bonds is 9. The first-order chi connectivity index (χ1) is 12.4. The van der Waals surface area contributed by atoms with Crippen LogP contribution in [0.2, 0.25) is 0 Å². The molecule has 1 rings (SSSR count). The van der Waals surface area contributed by atoms with Crippen LogP contribution in [0.15, 0.2) is 23.1 Å². The number of hydrogen-bond acceptors (Lipinski definition) is 4. The van der Waals surface area contributed by atoms with Crippen molar-refractivity contribution in [1.82, 2.24) is 10.0 Å². The third-order valence-corrected chi connectivity index (χ3v) is 5.73. The van der Waals surface area contributed by atoms with Crippen LogP contribution in [0.5, 0.6) is 5.75 Å². The van der Waals surface area contributed by atoms with Crippen LogP contribution in [0.3, 0.4) is 0 Å². The van der Waals surface area contributed by atoms with Crippen LogP contribution >= 0.6 is 0 Å². The summed E-state index contributed by atoms with van der Waals surface area (Å²) in [6.45, 7) is 11.6. The van der Waals surface area contributed by atoms with Gasteiger partial charge in [0.05, 0.1) is 7.11 Å². The zero-order valence-electron chi connectivity index (χ0n) is 17.5. The molecule has 0 aromatic heterocycles. The fourth-order valence-electron chi connectivity index (χ4n) is 2.70. The molecule has 2 N–H and O–H groups in total. The third-order valence-electron chi connectivity index (χ3n) is 3.95. The van der Waals surface area contributed by atoms with Crippen LogP contribution in [-0.2, 0) is 10.0 Å². The summed E-state index contributed by atoms with van der Waals surface area (Å²) in [5, 5.41) is 2.94. The second-order valence-corrected chi connectivity index (χ2v) is 10.1. The van der Waals surface area contributed by atoms with Crippen molar-refractivity contribution in [3.63, 3.8) is 0 Å². The zero-order chi connectivity index (χ0) is 20.8. The molecule has 1 amide bonds. The summed E-state index contributed by atoms with van der Waals surface area (Å²) in [6.07, 6.45) is 3.04.